The van der Waals surface area contributed by atoms with E-state index in [9.17, 15) is 9.18 Å². The molecule has 2 aliphatic rings. The quantitative estimate of drug-likeness (QED) is 0.654. The second-order valence-electron chi connectivity index (χ2n) is 7.24. The summed E-state index contributed by atoms with van der Waals surface area (Å²) >= 11 is 1.29. The number of anilines is 2. The van der Waals surface area contributed by atoms with Crippen molar-refractivity contribution in [3.8, 4) is 10.6 Å². The zero-order valence-electron chi connectivity index (χ0n) is 18.6. The van der Waals surface area contributed by atoms with Crippen molar-refractivity contribution in [2.45, 2.75) is 25.4 Å². The topological polar surface area (TPSA) is 67.2 Å². The van der Waals surface area contributed by atoms with Gasteiger partial charge in [0.2, 0.25) is 0 Å². The summed E-state index contributed by atoms with van der Waals surface area (Å²) in [7, 11) is 0. The minimum absolute atomic E-state index is 0.216. The van der Waals surface area contributed by atoms with Gasteiger partial charge in [-0.2, -0.15) is 5.10 Å². The number of piperidine rings is 1. The molecule has 0 radical (unpaired) electrons. The lowest BCUT2D eigenvalue weighted by atomic mass is 10.1. The molecule has 0 N–H and O–H groups in total. The monoisotopic (exact) mass is 418 g/mol. The predicted octanol–water partition coefficient (Wildman–Crippen LogP) is 3.08. The lowest BCUT2D eigenvalue weighted by Crippen LogP contribution is -2.36. The maximum absolute atomic E-state index is 13.7. The summed E-state index contributed by atoms with van der Waals surface area (Å²) in [5, 5.41) is 4.57. The fraction of sp³-hybridized carbons (Fsp3) is 0.400. The molecule has 0 aromatic carbocycles. The van der Waals surface area contributed by atoms with Crippen molar-refractivity contribution in [2.75, 3.05) is 29.4 Å². The van der Waals surface area contributed by atoms with E-state index in [0.717, 1.165) is 34.7 Å². The first-order valence-electron chi connectivity index (χ1n) is 11.0. The second-order valence-corrected chi connectivity index (χ2v) is 8.23. The Labute approximate surface area is 176 Å². The van der Waals surface area contributed by atoms with Crippen molar-refractivity contribution in [1.82, 2.24) is 19.7 Å². The van der Waals surface area contributed by atoms with Crippen LogP contribution in [0.5, 0.6) is 0 Å². The first-order valence-corrected chi connectivity index (χ1v) is 10.3. The van der Waals surface area contributed by atoms with Gasteiger partial charge < -0.3 is 9.80 Å². The molecule has 1 fully saturated rings. The van der Waals surface area contributed by atoms with Crippen LogP contribution in [0.3, 0.4) is 0 Å². The Kier molecular flexibility index (Phi) is 3.75. The van der Waals surface area contributed by atoms with Crippen LogP contribution in [0.1, 0.15) is 32.3 Å². The molecule has 150 valence electrons. The fourth-order valence-corrected chi connectivity index (χ4v) is 4.84. The number of carbonyl (C=O) groups excluding carboxylic acids is 1. The number of carbonyl (C=O) groups is 1. The van der Waals surface area contributed by atoms with Crippen LogP contribution in [-0.4, -0.2) is 51.5 Å². The third kappa shape index (κ3) is 3.39. The van der Waals surface area contributed by atoms with E-state index < -0.39 is 13.1 Å². The number of pyridine rings is 1. The number of hydrogen-bond donors (Lipinski definition) is 0. The summed E-state index contributed by atoms with van der Waals surface area (Å²) in [6.07, 6.45) is 5.62. The molecule has 0 bridgehead atoms. The molecule has 9 heteroatoms. The number of halogens is 1. The van der Waals surface area contributed by atoms with E-state index in [1.807, 2.05) is 17.0 Å². The first kappa shape index (κ1) is 15.1. The molecule has 3 aromatic heterocycles. The highest BCUT2D eigenvalue weighted by Crippen LogP contribution is 2.33. The van der Waals surface area contributed by atoms with Crippen molar-refractivity contribution >= 4 is 28.7 Å². The Bertz CT molecular complexity index is 1150. The molecule has 0 aliphatic carbocycles. The number of rotatable bonds is 3. The molecule has 2 aliphatic heterocycles. The summed E-state index contributed by atoms with van der Waals surface area (Å²) in [5.74, 6) is 0.526. The van der Waals surface area contributed by atoms with Gasteiger partial charge in [0.25, 0.3) is 5.91 Å². The normalized spacial score (nSPS) is 21.5. The number of aryl methyl sites for hydroxylation is 1. The van der Waals surface area contributed by atoms with Gasteiger partial charge in [-0.05, 0) is 25.0 Å². The maximum Gasteiger partial charge on any atom is 0.270 e. The molecule has 0 spiro atoms. The standard InChI is InChI=1S/C20H21FN6OS/c1-25-12-15(10-23-25)27-8-6-16-18(20(27)28)29-19(24-16)13-4-5-17(22-9-13)26-7-2-3-14(21)11-26/h4-5,9-10,12,14H,2-3,6-8,11H2,1H3/t14-/m1/s1/i1T3. The van der Waals surface area contributed by atoms with E-state index in [0.29, 0.717) is 41.5 Å². The maximum atomic E-state index is 13.7. The molecule has 5 rings (SSSR count). The van der Waals surface area contributed by atoms with E-state index >= 15 is 0 Å². The summed E-state index contributed by atoms with van der Waals surface area (Å²) in [5.41, 5.74) is 1.98. The smallest absolute Gasteiger partial charge is 0.270 e. The van der Waals surface area contributed by atoms with Gasteiger partial charge in [-0.1, -0.05) is 0 Å². The average molecular weight is 419 g/mol. The van der Waals surface area contributed by atoms with Gasteiger partial charge in [0.05, 0.1) is 24.1 Å². The summed E-state index contributed by atoms with van der Waals surface area (Å²) < 4.78 is 36.9. The third-order valence-electron chi connectivity index (χ3n) is 5.27. The number of nitrogens with zero attached hydrogens (tertiary/aromatic N) is 6. The van der Waals surface area contributed by atoms with Crippen LogP contribution in [0.2, 0.25) is 0 Å². The number of alkyl halides is 1. The largest absolute Gasteiger partial charge is 0.354 e. The number of fused-ring (bicyclic) bond motifs is 1. The van der Waals surface area contributed by atoms with Crippen LogP contribution in [0, 0.1) is 0 Å². The zero-order valence-corrected chi connectivity index (χ0v) is 16.4. The average Bonchev–Trinajstić information content (AvgIpc) is 3.42. The second kappa shape index (κ2) is 7.22. The van der Waals surface area contributed by atoms with Gasteiger partial charge in [0.15, 0.2) is 0 Å². The van der Waals surface area contributed by atoms with Gasteiger partial charge in [-0.3, -0.25) is 9.48 Å². The van der Waals surface area contributed by atoms with Gasteiger partial charge in [-0.25, -0.2) is 14.4 Å². The number of aromatic nitrogens is 4. The molecule has 29 heavy (non-hydrogen) atoms. The molecule has 3 aromatic rings. The van der Waals surface area contributed by atoms with Crippen LogP contribution in [0.4, 0.5) is 15.9 Å². The predicted molar refractivity (Wildman–Crippen MR) is 110 cm³/mol. The van der Waals surface area contributed by atoms with Crippen LogP contribution in [0.25, 0.3) is 10.6 Å². The molecular formula is C20H21FN6OS. The minimum atomic E-state index is -2.39. The van der Waals surface area contributed by atoms with Gasteiger partial charge >= 0.3 is 0 Å². The molecule has 1 atom stereocenters. The van der Waals surface area contributed by atoms with Gasteiger partial charge in [0.1, 0.15) is 21.9 Å². The molecule has 0 unspecified atom stereocenters. The van der Waals surface area contributed by atoms with Crippen LogP contribution < -0.4 is 9.80 Å². The lowest BCUT2D eigenvalue weighted by molar-refractivity contribution is 0.0984. The summed E-state index contributed by atoms with van der Waals surface area (Å²) in [6.45, 7) is -0.835. The van der Waals surface area contributed by atoms with Gasteiger partial charge in [-0.15, -0.1) is 11.3 Å². The number of thiazole rings is 1. The van der Waals surface area contributed by atoms with E-state index in [4.69, 9.17) is 4.11 Å². The van der Waals surface area contributed by atoms with Crippen LogP contribution in [0.15, 0.2) is 30.7 Å². The van der Waals surface area contributed by atoms with Crippen molar-refractivity contribution in [3.63, 3.8) is 0 Å². The highest BCUT2D eigenvalue weighted by atomic mass is 32.1. The molecule has 1 amide bonds. The van der Waals surface area contributed by atoms with E-state index in [-0.39, 0.29) is 5.91 Å². The highest BCUT2D eigenvalue weighted by Gasteiger charge is 2.30. The zero-order chi connectivity index (χ0) is 22.5. The van der Waals surface area contributed by atoms with E-state index in [2.05, 4.69) is 15.1 Å². The van der Waals surface area contributed by atoms with Crippen molar-refractivity contribution in [2.24, 2.45) is 6.98 Å². The van der Waals surface area contributed by atoms with Crippen molar-refractivity contribution in [1.29, 1.82) is 0 Å². The Balaban J connectivity index is 1.36. The third-order valence-corrected chi connectivity index (χ3v) is 6.41. The Hall–Kier alpha value is -2.81. The summed E-state index contributed by atoms with van der Waals surface area (Å²) in [6, 6.07) is 3.77. The Morgan fingerprint density at radius 2 is 2.24 bits per heavy atom. The molecule has 7 nitrogen and oxygen atoms in total. The Morgan fingerprint density at radius 1 is 1.31 bits per heavy atom. The molecule has 1 saturated heterocycles. The van der Waals surface area contributed by atoms with Gasteiger partial charge in [0, 0.05) is 48.6 Å². The number of amides is 1. The van der Waals surface area contributed by atoms with Crippen LogP contribution >= 0.6 is 11.3 Å². The highest BCUT2D eigenvalue weighted by molar-refractivity contribution is 7.17. The summed E-state index contributed by atoms with van der Waals surface area (Å²) in [4.78, 5) is 26.2. The molecule has 0 saturated carbocycles. The van der Waals surface area contributed by atoms with Crippen molar-refractivity contribution in [3.05, 3.63) is 41.3 Å². The first-order chi connectivity index (χ1) is 15.3. The SMILES string of the molecule is [3H]C([3H])([3H])n1cc(N2CCc3nc(-c4ccc(N5CCC[C@@H](F)C5)nc4)sc3C2=O)cn1. The Morgan fingerprint density at radius 3 is 3.00 bits per heavy atom. The lowest BCUT2D eigenvalue weighted by Gasteiger charge is -2.29. The minimum Gasteiger partial charge on any atom is -0.354 e. The van der Waals surface area contributed by atoms with Crippen molar-refractivity contribution < 1.29 is 13.3 Å². The number of hydrogen-bond acceptors (Lipinski definition) is 6. The van der Waals surface area contributed by atoms with E-state index in [1.54, 1.807) is 6.20 Å². The molecular weight excluding hydrogens is 391 g/mol. The van der Waals surface area contributed by atoms with Crippen LogP contribution in [-0.2, 0) is 13.4 Å². The van der Waals surface area contributed by atoms with E-state index in [1.165, 1.54) is 28.6 Å². The molecule has 5 heterocycles. The fourth-order valence-electron chi connectivity index (χ4n) is 3.79.